The summed E-state index contributed by atoms with van der Waals surface area (Å²) in [5, 5.41) is 0. The second-order valence-electron chi connectivity index (χ2n) is 7.65. The number of rotatable bonds is 7. The van der Waals surface area contributed by atoms with Gasteiger partial charge in [0.15, 0.2) is 0 Å². The average molecular weight is 416 g/mol. The number of nitrogens with zero attached hydrogens (tertiary/aromatic N) is 2. The molecule has 3 rings (SSSR count). The number of sulfonamides is 1. The second-order valence-corrected chi connectivity index (χ2v) is 9.43. The Labute approximate surface area is 173 Å². The molecule has 2 aromatic rings. The molecule has 1 saturated heterocycles. The number of hydrogen-bond donors (Lipinski definition) is 1. The standard InChI is InChI=1S/C22H29N3O3S/c1-3-8-22(26)25-14-7-11-20(24-29(2,27)28)21(25)16-19-15-18(12-13-23-19)17-9-5-4-6-10-17/h4-6,9-10,12-13,15,20-21,24H,3,7-8,11,14,16H2,1-2H3. The minimum absolute atomic E-state index is 0.0803. The molecule has 0 bridgehead atoms. The van der Waals surface area contributed by atoms with Crippen LogP contribution < -0.4 is 4.72 Å². The SMILES string of the molecule is CCCC(=O)N1CCCC(NS(C)(=O)=O)C1Cc1cc(-c2ccccc2)ccn1. The van der Waals surface area contributed by atoms with Crippen LogP contribution in [-0.4, -0.2) is 49.1 Å². The van der Waals surface area contributed by atoms with E-state index in [0.29, 0.717) is 25.8 Å². The molecule has 0 radical (unpaired) electrons. The van der Waals surface area contributed by atoms with Crippen molar-refractivity contribution in [3.8, 4) is 11.1 Å². The normalized spacial score (nSPS) is 19.9. The molecule has 156 valence electrons. The molecule has 1 fully saturated rings. The van der Waals surface area contributed by atoms with Crippen molar-refractivity contribution in [2.75, 3.05) is 12.8 Å². The minimum atomic E-state index is -3.37. The molecular weight excluding hydrogens is 386 g/mol. The molecule has 2 unspecified atom stereocenters. The molecule has 29 heavy (non-hydrogen) atoms. The van der Waals surface area contributed by atoms with Gasteiger partial charge in [0.2, 0.25) is 15.9 Å². The Kier molecular flexibility index (Phi) is 7.03. The first kappa shape index (κ1) is 21.5. The highest BCUT2D eigenvalue weighted by molar-refractivity contribution is 7.88. The summed E-state index contributed by atoms with van der Waals surface area (Å²) in [5.74, 6) is 0.0803. The first-order valence-corrected chi connectivity index (χ1v) is 12.0. The van der Waals surface area contributed by atoms with Crippen LogP contribution in [0.5, 0.6) is 0 Å². The Morgan fingerprint density at radius 1 is 1.21 bits per heavy atom. The highest BCUT2D eigenvalue weighted by atomic mass is 32.2. The summed E-state index contributed by atoms with van der Waals surface area (Å²) in [6, 6.07) is 13.5. The van der Waals surface area contributed by atoms with Crippen molar-refractivity contribution in [3.63, 3.8) is 0 Å². The number of carbonyl (C=O) groups is 1. The van der Waals surface area contributed by atoms with Crippen molar-refractivity contribution in [2.24, 2.45) is 0 Å². The smallest absolute Gasteiger partial charge is 0.222 e. The van der Waals surface area contributed by atoms with Crippen molar-refractivity contribution in [3.05, 3.63) is 54.4 Å². The van der Waals surface area contributed by atoms with Crippen LogP contribution in [0.25, 0.3) is 11.1 Å². The van der Waals surface area contributed by atoms with Crippen LogP contribution in [0.15, 0.2) is 48.7 Å². The molecular formula is C22H29N3O3S. The summed E-state index contributed by atoms with van der Waals surface area (Å²) in [4.78, 5) is 19.1. The Morgan fingerprint density at radius 2 is 1.97 bits per heavy atom. The first-order valence-electron chi connectivity index (χ1n) is 10.1. The van der Waals surface area contributed by atoms with Crippen LogP contribution >= 0.6 is 0 Å². The van der Waals surface area contributed by atoms with Crippen LogP contribution in [0.1, 0.15) is 38.3 Å². The zero-order valence-corrected chi connectivity index (χ0v) is 17.9. The molecule has 1 aliphatic heterocycles. The van der Waals surface area contributed by atoms with Gasteiger partial charge in [-0.05, 0) is 42.5 Å². The maximum absolute atomic E-state index is 12.7. The Bertz CT molecular complexity index is 931. The Morgan fingerprint density at radius 3 is 2.66 bits per heavy atom. The number of carbonyl (C=O) groups excluding carboxylic acids is 1. The first-order chi connectivity index (χ1) is 13.9. The van der Waals surface area contributed by atoms with Gasteiger partial charge in [0.1, 0.15) is 0 Å². The lowest BCUT2D eigenvalue weighted by Crippen LogP contribution is -2.57. The van der Waals surface area contributed by atoms with E-state index in [1.807, 2.05) is 54.3 Å². The van der Waals surface area contributed by atoms with Gasteiger partial charge in [-0.3, -0.25) is 9.78 Å². The van der Waals surface area contributed by atoms with Gasteiger partial charge in [0, 0.05) is 37.3 Å². The summed E-state index contributed by atoms with van der Waals surface area (Å²) in [5.41, 5.74) is 3.02. The monoisotopic (exact) mass is 415 g/mol. The molecule has 0 saturated carbocycles. The molecule has 1 N–H and O–H groups in total. The van der Waals surface area contributed by atoms with Crippen LogP contribution in [0.2, 0.25) is 0 Å². The van der Waals surface area contributed by atoms with Gasteiger partial charge in [0.05, 0.1) is 12.3 Å². The van der Waals surface area contributed by atoms with E-state index in [0.717, 1.165) is 29.7 Å². The molecule has 1 aromatic carbocycles. The van der Waals surface area contributed by atoms with E-state index in [1.165, 1.54) is 6.26 Å². The zero-order valence-electron chi connectivity index (χ0n) is 17.0. The van der Waals surface area contributed by atoms with Crippen LogP contribution in [0.3, 0.4) is 0 Å². The van der Waals surface area contributed by atoms with Gasteiger partial charge >= 0.3 is 0 Å². The predicted molar refractivity (Wildman–Crippen MR) is 115 cm³/mol. The Hall–Kier alpha value is -2.25. The van der Waals surface area contributed by atoms with Crippen molar-refractivity contribution in [1.29, 1.82) is 0 Å². The summed E-state index contributed by atoms with van der Waals surface area (Å²) in [7, 11) is -3.37. The lowest BCUT2D eigenvalue weighted by Gasteiger charge is -2.41. The fourth-order valence-corrected chi connectivity index (χ4v) is 4.83. The topological polar surface area (TPSA) is 79.4 Å². The highest BCUT2D eigenvalue weighted by Gasteiger charge is 2.35. The van der Waals surface area contributed by atoms with Crippen molar-refractivity contribution >= 4 is 15.9 Å². The number of pyridine rings is 1. The summed E-state index contributed by atoms with van der Waals surface area (Å²) >= 11 is 0. The third-order valence-electron chi connectivity index (χ3n) is 5.27. The lowest BCUT2D eigenvalue weighted by molar-refractivity contribution is -0.135. The number of aromatic nitrogens is 1. The van der Waals surface area contributed by atoms with E-state index in [9.17, 15) is 13.2 Å². The number of hydrogen-bond acceptors (Lipinski definition) is 4. The van der Waals surface area contributed by atoms with E-state index < -0.39 is 10.0 Å². The summed E-state index contributed by atoms with van der Waals surface area (Å²) < 4.78 is 26.6. The zero-order chi connectivity index (χ0) is 20.9. The fourth-order valence-electron chi connectivity index (χ4n) is 4.00. The molecule has 1 amide bonds. The Balaban J connectivity index is 1.89. The lowest BCUT2D eigenvalue weighted by atomic mass is 9.92. The van der Waals surface area contributed by atoms with E-state index >= 15 is 0 Å². The van der Waals surface area contributed by atoms with Gasteiger partial charge < -0.3 is 4.90 Å². The number of nitrogens with one attached hydrogen (secondary N) is 1. The van der Waals surface area contributed by atoms with Gasteiger partial charge in [-0.2, -0.15) is 0 Å². The quantitative estimate of drug-likeness (QED) is 0.754. The highest BCUT2D eigenvalue weighted by Crippen LogP contribution is 2.25. The van der Waals surface area contributed by atoms with Crippen molar-refractivity contribution in [1.82, 2.24) is 14.6 Å². The molecule has 7 heteroatoms. The van der Waals surface area contributed by atoms with Gasteiger partial charge in [0.25, 0.3) is 0 Å². The van der Waals surface area contributed by atoms with Gasteiger partial charge in [-0.15, -0.1) is 0 Å². The molecule has 6 nitrogen and oxygen atoms in total. The van der Waals surface area contributed by atoms with Crippen molar-refractivity contribution < 1.29 is 13.2 Å². The van der Waals surface area contributed by atoms with E-state index in [1.54, 1.807) is 6.20 Å². The average Bonchev–Trinajstić information content (AvgIpc) is 2.69. The van der Waals surface area contributed by atoms with Crippen LogP contribution in [0.4, 0.5) is 0 Å². The minimum Gasteiger partial charge on any atom is -0.338 e. The number of amides is 1. The predicted octanol–water partition coefficient (Wildman–Crippen LogP) is 3.00. The van der Waals surface area contributed by atoms with Gasteiger partial charge in [-0.25, -0.2) is 13.1 Å². The third kappa shape index (κ3) is 5.87. The maximum atomic E-state index is 12.7. The van der Waals surface area contributed by atoms with E-state index in [-0.39, 0.29) is 18.0 Å². The van der Waals surface area contributed by atoms with Crippen molar-refractivity contribution in [2.45, 2.75) is 51.1 Å². The largest absolute Gasteiger partial charge is 0.338 e. The number of piperidine rings is 1. The second kappa shape index (κ2) is 9.50. The van der Waals surface area contributed by atoms with Crippen LogP contribution in [-0.2, 0) is 21.2 Å². The maximum Gasteiger partial charge on any atom is 0.222 e. The molecule has 2 atom stereocenters. The van der Waals surface area contributed by atoms with E-state index in [4.69, 9.17) is 0 Å². The molecule has 2 heterocycles. The molecule has 1 aromatic heterocycles. The molecule has 0 aliphatic carbocycles. The third-order valence-corrected chi connectivity index (χ3v) is 6.00. The summed E-state index contributed by atoms with van der Waals surface area (Å²) in [6.45, 7) is 2.64. The fraction of sp³-hybridized carbons (Fsp3) is 0.455. The van der Waals surface area contributed by atoms with Crippen LogP contribution in [0, 0.1) is 0 Å². The molecule has 0 spiro atoms. The van der Waals surface area contributed by atoms with E-state index in [2.05, 4.69) is 9.71 Å². The van der Waals surface area contributed by atoms with Gasteiger partial charge in [-0.1, -0.05) is 37.3 Å². The molecule has 1 aliphatic rings. The number of benzene rings is 1. The summed E-state index contributed by atoms with van der Waals surface area (Å²) in [6.07, 6.45) is 6.21. The number of likely N-dealkylation sites (tertiary alicyclic amines) is 1.